The van der Waals surface area contributed by atoms with Gasteiger partial charge in [-0.1, -0.05) is 37.1 Å². The number of rotatable bonds is 5. The summed E-state index contributed by atoms with van der Waals surface area (Å²) >= 11 is 1.31. The van der Waals surface area contributed by atoms with Crippen LogP contribution >= 0.6 is 11.3 Å². The van der Waals surface area contributed by atoms with Gasteiger partial charge in [-0.2, -0.15) is 0 Å². The maximum atomic E-state index is 14.5. The van der Waals surface area contributed by atoms with Crippen LogP contribution in [0.5, 0.6) is 0 Å². The number of carboxylic acids is 1. The Balaban J connectivity index is 1.60. The third kappa shape index (κ3) is 5.15. The Morgan fingerprint density at radius 1 is 1.26 bits per heavy atom. The number of benzene rings is 2. The van der Waals surface area contributed by atoms with Crippen LogP contribution in [-0.4, -0.2) is 22.0 Å². The first kappa shape index (κ1) is 24.3. The molecular weight excluding hydrogens is 470 g/mol. The number of halogens is 2. The van der Waals surface area contributed by atoms with Crippen LogP contribution in [0, 0.1) is 23.5 Å². The fourth-order valence-corrected chi connectivity index (χ4v) is 4.83. The van der Waals surface area contributed by atoms with Gasteiger partial charge in [0, 0.05) is 40.0 Å². The lowest BCUT2D eigenvalue weighted by atomic mass is 9.84. The Hall–Kier alpha value is -3.83. The Morgan fingerprint density at radius 2 is 1.97 bits per heavy atom. The number of unbranched alkanes of at least 4 members (excludes halogenated alkanes) is 1. The van der Waals surface area contributed by atoms with E-state index in [4.69, 9.17) is 5.11 Å². The molecule has 1 heterocycles. The molecule has 0 radical (unpaired) electrons. The van der Waals surface area contributed by atoms with Crippen molar-refractivity contribution in [1.29, 1.82) is 0 Å². The zero-order valence-electron chi connectivity index (χ0n) is 19.1. The van der Waals surface area contributed by atoms with Gasteiger partial charge in [0.1, 0.15) is 11.6 Å². The normalized spacial score (nSPS) is 14.4. The molecule has 5 nitrogen and oxygen atoms in total. The molecule has 0 saturated carbocycles. The van der Waals surface area contributed by atoms with Crippen molar-refractivity contribution in [3.63, 3.8) is 0 Å². The Bertz CT molecular complexity index is 1390. The molecule has 1 amide bonds. The van der Waals surface area contributed by atoms with Gasteiger partial charge in [-0.15, -0.1) is 17.3 Å². The number of carbonyl (C=O) groups is 2. The number of hydrogen-bond donors (Lipinski definition) is 2. The predicted octanol–water partition coefficient (Wildman–Crippen LogP) is 6.27. The minimum atomic E-state index is -1.29. The van der Waals surface area contributed by atoms with E-state index >= 15 is 0 Å². The molecule has 178 valence electrons. The number of amides is 1. The van der Waals surface area contributed by atoms with Gasteiger partial charge in [0.15, 0.2) is 5.13 Å². The average molecular weight is 493 g/mol. The lowest BCUT2D eigenvalue weighted by Gasteiger charge is -2.20. The van der Waals surface area contributed by atoms with E-state index in [-0.39, 0.29) is 17.1 Å². The zero-order chi connectivity index (χ0) is 25.1. The van der Waals surface area contributed by atoms with Crippen LogP contribution in [0.4, 0.5) is 13.9 Å². The average Bonchev–Trinajstić information content (AvgIpc) is 3.23. The van der Waals surface area contributed by atoms with Crippen LogP contribution < -0.4 is 5.32 Å². The van der Waals surface area contributed by atoms with Crippen molar-refractivity contribution in [2.75, 3.05) is 5.32 Å². The van der Waals surface area contributed by atoms with Gasteiger partial charge in [-0.25, -0.2) is 18.6 Å². The minimum absolute atomic E-state index is 0.0345. The Morgan fingerprint density at radius 3 is 2.66 bits per heavy atom. The molecule has 1 unspecified atom stereocenters. The molecule has 0 saturated heterocycles. The number of carboxylic acid groups (broad SMARTS) is 1. The lowest BCUT2D eigenvalue weighted by Crippen LogP contribution is -2.13. The maximum absolute atomic E-state index is 14.5. The molecule has 2 aromatic carbocycles. The summed E-state index contributed by atoms with van der Waals surface area (Å²) in [5.74, 6) is 2.54. The second-order valence-electron chi connectivity index (χ2n) is 8.15. The fraction of sp³-hybridized carbons (Fsp3) is 0.222. The molecular formula is C27H22F2N2O3S. The maximum Gasteiger partial charge on any atom is 0.331 e. The van der Waals surface area contributed by atoms with Crippen LogP contribution in [-0.2, 0) is 11.2 Å². The van der Waals surface area contributed by atoms with Crippen LogP contribution in [0.2, 0.25) is 0 Å². The van der Waals surface area contributed by atoms with Crippen molar-refractivity contribution in [3.8, 4) is 23.1 Å². The molecule has 1 aromatic heterocycles. The van der Waals surface area contributed by atoms with E-state index in [1.54, 1.807) is 0 Å². The number of hydrogen-bond acceptors (Lipinski definition) is 4. The predicted molar refractivity (Wildman–Crippen MR) is 132 cm³/mol. The largest absolute Gasteiger partial charge is 0.478 e. The Kier molecular flexibility index (Phi) is 7.08. The molecule has 1 atom stereocenters. The monoisotopic (exact) mass is 492 g/mol. The quantitative estimate of drug-likeness (QED) is 0.325. The number of nitrogens with one attached hydrogen (secondary N) is 1. The molecule has 35 heavy (non-hydrogen) atoms. The summed E-state index contributed by atoms with van der Waals surface area (Å²) in [5.41, 5.74) is 1.85. The van der Waals surface area contributed by atoms with Crippen molar-refractivity contribution in [3.05, 3.63) is 75.2 Å². The number of thiazole rings is 1. The lowest BCUT2D eigenvalue weighted by molar-refractivity contribution is -0.132. The van der Waals surface area contributed by atoms with Gasteiger partial charge in [0.05, 0.1) is 11.6 Å². The van der Waals surface area contributed by atoms with Gasteiger partial charge in [-0.05, 0) is 37.1 Å². The van der Waals surface area contributed by atoms with Crippen LogP contribution in [0.25, 0.3) is 17.3 Å². The molecule has 1 aliphatic carbocycles. The fourth-order valence-electron chi connectivity index (χ4n) is 3.82. The van der Waals surface area contributed by atoms with Crippen molar-refractivity contribution < 1.29 is 23.5 Å². The van der Waals surface area contributed by atoms with E-state index in [1.807, 2.05) is 24.3 Å². The van der Waals surface area contributed by atoms with E-state index < -0.39 is 29.1 Å². The molecule has 0 spiro atoms. The number of aliphatic carboxylic acids is 1. The summed E-state index contributed by atoms with van der Waals surface area (Å²) in [4.78, 5) is 29.3. The van der Waals surface area contributed by atoms with Gasteiger partial charge >= 0.3 is 5.97 Å². The number of aromatic nitrogens is 1. The highest BCUT2D eigenvalue weighted by Crippen LogP contribution is 2.42. The van der Waals surface area contributed by atoms with E-state index in [0.29, 0.717) is 11.6 Å². The highest BCUT2D eigenvalue weighted by atomic mass is 32.1. The highest BCUT2D eigenvalue weighted by Gasteiger charge is 2.27. The first-order chi connectivity index (χ1) is 16.8. The SMILES string of the molecule is CCCC#CC1Cc2sc(NC(=O)c3cc(F)c(/C=C(\C)C(=O)O)c(F)c3)nc2-c2ccccc21. The summed E-state index contributed by atoms with van der Waals surface area (Å²) in [6.45, 7) is 3.31. The summed E-state index contributed by atoms with van der Waals surface area (Å²) in [5, 5.41) is 11.9. The first-order valence-corrected chi connectivity index (χ1v) is 11.9. The second-order valence-corrected chi connectivity index (χ2v) is 9.23. The third-order valence-electron chi connectivity index (χ3n) is 5.59. The van der Waals surface area contributed by atoms with E-state index in [0.717, 1.165) is 52.7 Å². The molecule has 1 aliphatic rings. The molecule has 4 rings (SSSR count). The first-order valence-electron chi connectivity index (χ1n) is 11.1. The topological polar surface area (TPSA) is 79.3 Å². The van der Waals surface area contributed by atoms with Crippen molar-refractivity contribution in [2.24, 2.45) is 0 Å². The summed E-state index contributed by atoms with van der Waals surface area (Å²) < 4.78 is 28.9. The van der Waals surface area contributed by atoms with Gasteiger partial charge in [0.2, 0.25) is 0 Å². The molecule has 0 aliphatic heterocycles. The minimum Gasteiger partial charge on any atom is -0.478 e. The van der Waals surface area contributed by atoms with E-state index in [9.17, 15) is 18.4 Å². The van der Waals surface area contributed by atoms with Gasteiger partial charge < -0.3 is 5.11 Å². The smallest absolute Gasteiger partial charge is 0.331 e. The van der Waals surface area contributed by atoms with Gasteiger partial charge in [-0.3, -0.25) is 10.1 Å². The number of anilines is 1. The molecule has 2 N–H and O–H groups in total. The zero-order valence-corrected chi connectivity index (χ0v) is 19.9. The third-order valence-corrected chi connectivity index (χ3v) is 6.58. The summed E-state index contributed by atoms with van der Waals surface area (Å²) in [6.07, 6.45) is 3.37. The Labute approximate surface area is 205 Å². The second kappa shape index (κ2) is 10.2. The molecule has 8 heteroatoms. The molecule has 3 aromatic rings. The van der Waals surface area contributed by atoms with E-state index in [2.05, 4.69) is 29.1 Å². The number of fused-ring (bicyclic) bond motifs is 3. The van der Waals surface area contributed by atoms with E-state index in [1.165, 1.54) is 18.3 Å². The van der Waals surface area contributed by atoms with Crippen LogP contribution in [0.15, 0.2) is 42.0 Å². The van der Waals surface area contributed by atoms with Crippen molar-refractivity contribution >= 4 is 34.4 Å². The highest BCUT2D eigenvalue weighted by molar-refractivity contribution is 7.16. The number of carbonyl (C=O) groups excluding carboxylic acids is 1. The molecule has 0 bridgehead atoms. The standard InChI is InChI=1S/C27H22F2N2O3S/c1-3-4-5-8-16-14-23-24(19-10-7-6-9-18(16)19)30-27(35-23)31-25(32)17-12-21(28)20(22(29)13-17)11-15(2)26(33)34/h6-7,9-13,16H,3-4,14H2,1-2H3,(H,33,34)(H,30,31,32)/b15-11+. The molecule has 0 fully saturated rings. The van der Waals surface area contributed by atoms with Crippen LogP contribution in [0.3, 0.4) is 0 Å². The number of nitrogens with zero attached hydrogens (tertiary/aromatic N) is 1. The van der Waals surface area contributed by atoms with Crippen LogP contribution in [0.1, 0.15) is 59.0 Å². The summed E-state index contributed by atoms with van der Waals surface area (Å²) in [7, 11) is 0. The summed E-state index contributed by atoms with van der Waals surface area (Å²) in [6, 6.07) is 9.66. The van der Waals surface area contributed by atoms with Gasteiger partial charge in [0.25, 0.3) is 5.91 Å². The van der Waals surface area contributed by atoms with Crippen molar-refractivity contribution in [2.45, 2.75) is 39.0 Å². The van der Waals surface area contributed by atoms with Crippen molar-refractivity contribution in [1.82, 2.24) is 4.98 Å².